The molecule has 2 heterocycles. The van der Waals surface area contributed by atoms with E-state index < -0.39 is 5.97 Å². The van der Waals surface area contributed by atoms with Crippen molar-refractivity contribution in [3.05, 3.63) is 53.5 Å². The highest BCUT2D eigenvalue weighted by Crippen LogP contribution is 2.21. The van der Waals surface area contributed by atoms with E-state index >= 15 is 0 Å². The highest BCUT2D eigenvalue weighted by atomic mass is 16.5. The van der Waals surface area contributed by atoms with Crippen molar-refractivity contribution in [2.24, 2.45) is 0 Å². The highest BCUT2D eigenvalue weighted by Gasteiger charge is 2.15. The molecule has 1 aromatic carbocycles. The molecule has 0 bridgehead atoms. The van der Waals surface area contributed by atoms with Crippen LogP contribution in [0.4, 0.5) is 5.69 Å². The second kappa shape index (κ2) is 8.31. The first kappa shape index (κ1) is 18.4. The van der Waals surface area contributed by atoms with E-state index in [1.165, 1.54) is 0 Å². The van der Waals surface area contributed by atoms with Crippen LogP contribution >= 0.6 is 0 Å². The van der Waals surface area contributed by atoms with E-state index in [2.05, 4.69) is 15.1 Å². The van der Waals surface area contributed by atoms with Crippen molar-refractivity contribution in [2.75, 3.05) is 18.9 Å². The Morgan fingerprint density at radius 1 is 1.30 bits per heavy atom. The minimum Gasteiger partial charge on any atom is -0.492 e. The zero-order valence-electron chi connectivity index (χ0n) is 15.1. The number of hydrogen-bond donors (Lipinski definition) is 1. The quantitative estimate of drug-likeness (QED) is 0.633. The lowest BCUT2D eigenvalue weighted by molar-refractivity contribution is 0.0521. The molecule has 0 aliphatic rings. The molecule has 0 aliphatic carbocycles. The van der Waals surface area contributed by atoms with Gasteiger partial charge in [-0.2, -0.15) is 4.98 Å². The molecule has 0 saturated heterocycles. The van der Waals surface area contributed by atoms with Gasteiger partial charge in [0.25, 0.3) is 0 Å². The van der Waals surface area contributed by atoms with E-state index in [1.807, 2.05) is 6.92 Å². The van der Waals surface area contributed by atoms with Crippen LogP contribution in [0.25, 0.3) is 11.5 Å². The number of hydrogen-bond acceptors (Lipinski definition) is 8. The Balaban J connectivity index is 1.64. The second-order valence-corrected chi connectivity index (χ2v) is 5.76. The summed E-state index contributed by atoms with van der Waals surface area (Å²) in [4.78, 5) is 20.5. The van der Waals surface area contributed by atoms with Crippen LogP contribution in [0, 0.1) is 6.92 Å². The van der Waals surface area contributed by atoms with Crippen molar-refractivity contribution >= 4 is 11.7 Å². The molecular weight excluding hydrogens is 348 g/mol. The topological polar surface area (TPSA) is 113 Å². The van der Waals surface area contributed by atoms with Crippen molar-refractivity contribution < 1.29 is 18.8 Å². The normalized spacial score (nSPS) is 10.6. The van der Waals surface area contributed by atoms with Crippen LogP contribution in [0.5, 0.6) is 5.75 Å². The Morgan fingerprint density at radius 3 is 2.89 bits per heavy atom. The van der Waals surface area contributed by atoms with Crippen LogP contribution in [0.2, 0.25) is 0 Å². The van der Waals surface area contributed by atoms with Gasteiger partial charge in [-0.15, -0.1) is 0 Å². The summed E-state index contributed by atoms with van der Waals surface area (Å²) in [5.74, 6) is 0.843. The van der Waals surface area contributed by atoms with Gasteiger partial charge < -0.3 is 19.7 Å². The first-order valence-electron chi connectivity index (χ1n) is 8.52. The molecule has 0 amide bonds. The van der Waals surface area contributed by atoms with Crippen molar-refractivity contribution in [2.45, 2.75) is 20.3 Å². The van der Waals surface area contributed by atoms with Gasteiger partial charge in [-0.3, -0.25) is 4.98 Å². The van der Waals surface area contributed by atoms with Crippen molar-refractivity contribution in [1.82, 2.24) is 15.1 Å². The van der Waals surface area contributed by atoms with Gasteiger partial charge in [0.15, 0.2) is 0 Å². The minimum absolute atomic E-state index is 0.270. The number of nitrogens with two attached hydrogens (primary N) is 1. The zero-order valence-corrected chi connectivity index (χ0v) is 15.1. The van der Waals surface area contributed by atoms with Gasteiger partial charge in [0.2, 0.25) is 11.7 Å². The van der Waals surface area contributed by atoms with E-state index in [4.69, 9.17) is 19.7 Å². The number of carbonyl (C=O) groups is 1. The van der Waals surface area contributed by atoms with Crippen molar-refractivity contribution in [3.63, 3.8) is 0 Å². The Morgan fingerprint density at radius 2 is 2.11 bits per heavy atom. The summed E-state index contributed by atoms with van der Waals surface area (Å²) in [6, 6.07) is 8.72. The lowest BCUT2D eigenvalue weighted by atomic mass is 10.2. The number of aromatic nitrogens is 3. The van der Waals surface area contributed by atoms with Gasteiger partial charge in [0.05, 0.1) is 31.5 Å². The zero-order chi connectivity index (χ0) is 19.2. The summed E-state index contributed by atoms with van der Waals surface area (Å²) in [6.45, 7) is 4.21. The Bertz CT molecular complexity index is 939. The van der Waals surface area contributed by atoms with Crippen LogP contribution < -0.4 is 10.5 Å². The third-order valence-electron chi connectivity index (χ3n) is 3.74. The van der Waals surface area contributed by atoms with Gasteiger partial charge in [-0.1, -0.05) is 17.3 Å². The molecule has 2 N–H and O–H groups in total. The second-order valence-electron chi connectivity index (χ2n) is 5.76. The molecule has 140 valence electrons. The van der Waals surface area contributed by atoms with Gasteiger partial charge in [-0.25, -0.2) is 4.79 Å². The molecular formula is C19H20N4O4. The summed E-state index contributed by atoms with van der Waals surface area (Å²) >= 11 is 0. The summed E-state index contributed by atoms with van der Waals surface area (Å²) in [5.41, 5.74) is 8.15. The van der Waals surface area contributed by atoms with Crippen molar-refractivity contribution in [3.8, 4) is 17.3 Å². The van der Waals surface area contributed by atoms with E-state index in [9.17, 15) is 4.79 Å². The number of para-hydroxylation sites is 1. The van der Waals surface area contributed by atoms with E-state index in [0.29, 0.717) is 47.4 Å². The summed E-state index contributed by atoms with van der Waals surface area (Å²) < 4.78 is 16.0. The molecule has 0 radical (unpaired) electrons. The van der Waals surface area contributed by atoms with Gasteiger partial charge in [0, 0.05) is 0 Å². The maximum atomic E-state index is 12.0. The number of anilines is 1. The third kappa shape index (κ3) is 4.41. The minimum atomic E-state index is -0.418. The van der Waals surface area contributed by atoms with E-state index in [0.717, 1.165) is 5.56 Å². The maximum absolute atomic E-state index is 12.0. The summed E-state index contributed by atoms with van der Waals surface area (Å²) in [6.07, 6.45) is 1.94. The van der Waals surface area contributed by atoms with Gasteiger partial charge >= 0.3 is 5.97 Å². The molecule has 8 nitrogen and oxygen atoms in total. The van der Waals surface area contributed by atoms with Crippen LogP contribution in [-0.2, 0) is 11.2 Å². The first-order valence-corrected chi connectivity index (χ1v) is 8.52. The monoisotopic (exact) mass is 368 g/mol. The molecule has 2 aromatic heterocycles. The van der Waals surface area contributed by atoms with Crippen LogP contribution in [0.15, 0.2) is 41.1 Å². The number of pyridine rings is 1. The average molecular weight is 368 g/mol. The lowest BCUT2D eigenvalue weighted by Gasteiger charge is -2.09. The number of aryl methyl sites for hydroxylation is 1. The fraction of sp³-hybridized carbons (Fsp3) is 0.263. The lowest BCUT2D eigenvalue weighted by Crippen LogP contribution is -2.09. The SMILES string of the molecule is CCOC(=O)c1ccccc1OCCc1nc(-c2ncc(N)cc2C)no1. The predicted molar refractivity (Wildman–Crippen MR) is 98.3 cm³/mol. The fourth-order valence-corrected chi connectivity index (χ4v) is 2.50. The molecule has 3 rings (SSSR count). The van der Waals surface area contributed by atoms with E-state index in [-0.39, 0.29) is 6.61 Å². The smallest absolute Gasteiger partial charge is 0.341 e. The molecule has 0 spiro atoms. The molecule has 3 aromatic rings. The van der Waals surface area contributed by atoms with E-state index in [1.54, 1.807) is 43.5 Å². The molecule has 27 heavy (non-hydrogen) atoms. The number of ether oxygens (including phenoxy) is 2. The third-order valence-corrected chi connectivity index (χ3v) is 3.74. The van der Waals surface area contributed by atoms with Crippen LogP contribution in [-0.4, -0.2) is 34.3 Å². The Labute approximate surface area is 156 Å². The number of benzene rings is 1. The number of esters is 1. The first-order chi connectivity index (χ1) is 13.1. The largest absolute Gasteiger partial charge is 0.492 e. The molecule has 8 heteroatoms. The summed E-state index contributed by atoms with van der Waals surface area (Å²) in [5, 5.41) is 3.95. The maximum Gasteiger partial charge on any atom is 0.341 e. The number of carbonyl (C=O) groups excluding carboxylic acids is 1. The molecule has 0 saturated carbocycles. The molecule has 0 fully saturated rings. The molecule has 0 unspecified atom stereocenters. The van der Waals surface area contributed by atoms with Gasteiger partial charge in [-0.05, 0) is 37.6 Å². The van der Waals surface area contributed by atoms with Crippen LogP contribution in [0.1, 0.15) is 28.7 Å². The number of nitrogen functional groups attached to an aromatic ring is 1. The predicted octanol–water partition coefficient (Wildman–Crippen LogP) is 2.82. The summed E-state index contributed by atoms with van der Waals surface area (Å²) in [7, 11) is 0. The van der Waals surface area contributed by atoms with Gasteiger partial charge in [0.1, 0.15) is 17.0 Å². The highest BCUT2D eigenvalue weighted by molar-refractivity contribution is 5.92. The molecule has 0 aliphatic heterocycles. The number of rotatable bonds is 7. The standard InChI is InChI=1S/C19H20N4O4/c1-3-25-19(24)14-6-4-5-7-15(14)26-9-8-16-22-18(23-27-16)17-12(2)10-13(20)11-21-17/h4-7,10-11H,3,8-9,20H2,1-2H3. The fourth-order valence-electron chi connectivity index (χ4n) is 2.50. The average Bonchev–Trinajstić information content (AvgIpc) is 3.11. The molecule has 0 atom stereocenters. The van der Waals surface area contributed by atoms with Crippen molar-refractivity contribution in [1.29, 1.82) is 0 Å². The number of nitrogens with zero attached hydrogens (tertiary/aromatic N) is 3. The Kier molecular flexibility index (Phi) is 5.65. The Hall–Kier alpha value is -3.42. The van der Waals surface area contributed by atoms with Crippen LogP contribution in [0.3, 0.4) is 0 Å².